The highest BCUT2D eigenvalue weighted by Gasteiger charge is 2.44. The van der Waals surface area contributed by atoms with E-state index in [9.17, 15) is 9.70 Å². The summed E-state index contributed by atoms with van der Waals surface area (Å²) in [6, 6.07) is 9.60. The molecule has 19 heavy (non-hydrogen) atoms. The first-order valence-corrected chi connectivity index (χ1v) is 7.00. The van der Waals surface area contributed by atoms with Gasteiger partial charge in [-0.05, 0) is 18.4 Å². The number of piperidine rings is 1. The highest BCUT2D eigenvalue weighted by molar-refractivity contribution is 5.83. The molecule has 0 amide bonds. The van der Waals surface area contributed by atoms with Crippen LogP contribution >= 0.6 is 0 Å². The van der Waals surface area contributed by atoms with E-state index in [1.165, 1.54) is 0 Å². The summed E-state index contributed by atoms with van der Waals surface area (Å²) < 4.78 is 0. The van der Waals surface area contributed by atoms with E-state index in [0.29, 0.717) is 12.2 Å². The van der Waals surface area contributed by atoms with Gasteiger partial charge in [-0.1, -0.05) is 43.2 Å². The topological polar surface area (TPSA) is 49.7 Å². The Hall–Kier alpha value is -1.71. The van der Waals surface area contributed by atoms with Gasteiger partial charge in [-0.25, -0.2) is 5.01 Å². The van der Waals surface area contributed by atoms with E-state index < -0.39 is 0 Å². The Morgan fingerprint density at radius 2 is 1.84 bits per heavy atom. The first-order chi connectivity index (χ1) is 9.31. The number of rotatable bonds is 2. The lowest BCUT2D eigenvalue weighted by Gasteiger charge is -2.44. The average molecular weight is 258 g/mol. The molecule has 0 spiro atoms. The smallest absolute Gasteiger partial charge is 0.140 e. The molecule has 0 unspecified atom stereocenters. The van der Waals surface area contributed by atoms with Crippen LogP contribution in [0.2, 0.25) is 0 Å². The van der Waals surface area contributed by atoms with Gasteiger partial charge in [0.05, 0.1) is 17.4 Å². The van der Waals surface area contributed by atoms with Crippen molar-refractivity contribution in [3.63, 3.8) is 0 Å². The predicted octanol–water partition coefficient (Wildman–Crippen LogP) is 3.24. The summed E-state index contributed by atoms with van der Waals surface area (Å²) in [5.41, 5.74) is 1.01. The molecule has 2 fully saturated rings. The van der Waals surface area contributed by atoms with Gasteiger partial charge in [0.15, 0.2) is 0 Å². The van der Waals surface area contributed by atoms with Crippen LogP contribution < -0.4 is 0 Å². The number of nitrogens with zero attached hydrogens (tertiary/aromatic N) is 2. The van der Waals surface area contributed by atoms with Gasteiger partial charge in [-0.2, -0.15) is 0 Å². The number of ketones is 1. The first-order valence-electron chi connectivity index (χ1n) is 7.00. The summed E-state index contributed by atoms with van der Waals surface area (Å²) in [5.74, 6) is 0.324. The molecule has 0 aromatic heterocycles. The molecular formula is C15H18N2O2. The molecule has 1 aromatic carbocycles. The van der Waals surface area contributed by atoms with Crippen LogP contribution in [-0.4, -0.2) is 16.8 Å². The third-order valence-corrected chi connectivity index (χ3v) is 4.48. The van der Waals surface area contributed by atoms with Crippen molar-refractivity contribution in [3.8, 4) is 0 Å². The Bertz CT molecular complexity index is 474. The van der Waals surface area contributed by atoms with Crippen LogP contribution in [0.5, 0.6) is 0 Å². The molecule has 100 valence electrons. The van der Waals surface area contributed by atoms with Crippen LogP contribution in [-0.2, 0) is 4.79 Å². The van der Waals surface area contributed by atoms with Gasteiger partial charge in [-0.3, -0.25) is 4.79 Å². The lowest BCUT2D eigenvalue weighted by Crippen LogP contribution is -2.49. The number of carbonyl (C=O) groups is 1. The summed E-state index contributed by atoms with van der Waals surface area (Å²) in [6.45, 7) is 0. The quantitative estimate of drug-likeness (QED) is 0.765. The van der Waals surface area contributed by atoms with Crippen molar-refractivity contribution in [2.24, 2.45) is 11.2 Å². The highest BCUT2D eigenvalue weighted by atomic mass is 16.3. The fourth-order valence-corrected chi connectivity index (χ4v) is 3.53. The van der Waals surface area contributed by atoms with Crippen LogP contribution in [0.15, 0.2) is 35.6 Å². The summed E-state index contributed by atoms with van der Waals surface area (Å²) in [7, 11) is 0. The van der Waals surface area contributed by atoms with Gasteiger partial charge >= 0.3 is 0 Å². The maximum atomic E-state index is 12.3. The van der Waals surface area contributed by atoms with Crippen LogP contribution in [0.1, 0.15) is 43.7 Å². The molecule has 0 bridgehead atoms. The van der Waals surface area contributed by atoms with Crippen molar-refractivity contribution in [2.75, 3.05) is 0 Å². The van der Waals surface area contributed by atoms with Crippen molar-refractivity contribution in [3.05, 3.63) is 40.8 Å². The van der Waals surface area contributed by atoms with Crippen molar-refractivity contribution < 1.29 is 4.79 Å². The lowest BCUT2D eigenvalue weighted by molar-refractivity contribution is -0.134. The zero-order chi connectivity index (χ0) is 13.2. The number of Topliss-reactive ketones (excluding diaryl/α,β-unsaturated/α-hetero) is 1. The van der Waals surface area contributed by atoms with Crippen molar-refractivity contribution in [2.45, 2.75) is 44.2 Å². The number of hydrogen-bond donors (Lipinski definition) is 0. The SMILES string of the molecule is O=NN1[C@H](c2ccccc2)CC(=O)[C@H]2CCCC[C@@H]21. The maximum absolute atomic E-state index is 12.3. The number of carbonyl (C=O) groups excluding carboxylic acids is 1. The summed E-state index contributed by atoms with van der Waals surface area (Å²) >= 11 is 0. The number of nitroso groups, excluding NO2 is 1. The standard InChI is InChI=1S/C15H18N2O2/c18-15-10-14(11-6-2-1-3-7-11)17(16-19)13-9-5-4-8-12(13)15/h1-3,6-7,12-14H,4-5,8-10H2/t12-,13-,14-/m0/s1. The third kappa shape index (κ3) is 2.15. The molecule has 3 rings (SSSR count). The van der Waals surface area contributed by atoms with E-state index in [4.69, 9.17) is 0 Å². The average Bonchev–Trinajstić information content (AvgIpc) is 2.48. The van der Waals surface area contributed by atoms with E-state index in [1.807, 2.05) is 30.3 Å². The van der Waals surface area contributed by atoms with Crippen LogP contribution in [0.4, 0.5) is 0 Å². The first kappa shape index (κ1) is 12.3. The maximum Gasteiger partial charge on any atom is 0.140 e. The Balaban J connectivity index is 1.92. The van der Waals surface area contributed by atoms with Crippen molar-refractivity contribution >= 4 is 5.78 Å². The summed E-state index contributed by atoms with van der Waals surface area (Å²) in [5, 5.41) is 4.91. The second-order valence-electron chi connectivity index (χ2n) is 5.52. The molecule has 4 heteroatoms. The molecule has 1 aliphatic carbocycles. The predicted molar refractivity (Wildman–Crippen MR) is 72.2 cm³/mol. The Morgan fingerprint density at radius 3 is 2.58 bits per heavy atom. The number of benzene rings is 1. The second kappa shape index (κ2) is 5.11. The minimum absolute atomic E-state index is 0.0118. The number of fused-ring (bicyclic) bond motifs is 1. The Kier molecular flexibility index (Phi) is 3.32. The largest absolute Gasteiger partial charge is 0.299 e. The second-order valence-corrected chi connectivity index (χ2v) is 5.52. The van der Waals surface area contributed by atoms with Gasteiger partial charge in [0.2, 0.25) is 0 Å². The van der Waals surface area contributed by atoms with Crippen LogP contribution in [0.25, 0.3) is 0 Å². The molecule has 0 N–H and O–H groups in total. The monoisotopic (exact) mass is 258 g/mol. The van der Waals surface area contributed by atoms with Gasteiger partial charge in [0.25, 0.3) is 0 Å². The Labute approximate surface area is 112 Å². The Morgan fingerprint density at radius 1 is 1.11 bits per heavy atom. The molecule has 1 saturated carbocycles. The van der Waals surface area contributed by atoms with E-state index in [-0.39, 0.29) is 18.0 Å². The summed E-state index contributed by atoms with van der Waals surface area (Å²) in [6.07, 6.45) is 4.41. The van der Waals surface area contributed by atoms with Gasteiger partial charge < -0.3 is 0 Å². The minimum Gasteiger partial charge on any atom is -0.299 e. The van der Waals surface area contributed by atoms with Crippen LogP contribution in [0.3, 0.4) is 0 Å². The number of hydrogen-bond acceptors (Lipinski definition) is 3. The molecular weight excluding hydrogens is 240 g/mol. The van der Waals surface area contributed by atoms with Gasteiger partial charge in [0.1, 0.15) is 5.78 Å². The van der Waals surface area contributed by atoms with Gasteiger partial charge in [-0.15, -0.1) is 4.91 Å². The summed E-state index contributed by atoms with van der Waals surface area (Å²) in [4.78, 5) is 23.6. The zero-order valence-electron chi connectivity index (χ0n) is 10.9. The zero-order valence-corrected chi connectivity index (χ0v) is 10.9. The molecule has 2 aliphatic rings. The van der Waals surface area contributed by atoms with Gasteiger partial charge in [0, 0.05) is 12.3 Å². The molecule has 1 aliphatic heterocycles. The fraction of sp³-hybridized carbons (Fsp3) is 0.533. The lowest BCUT2D eigenvalue weighted by atomic mass is 9.75. The van der Waals surface area contributed by atoms with E-state index in [1.54, 1.807) is 5.01 Å². The molecule has 1 saturated heterocycles. The molecule has 1 aromatic rings. The van der Waals surface area contributed by atoms with Crippen molar-refractivity contribution in [1.82, 2.24) is 5.01 Å². The van der Waals surface area contributed by atoms with E-state index >= 15 is 0 Å². The normalized spacial score (nSPS) is 30.8. The van der Waals surface area contributed by atoms with Crippen molar-refractivity contribution in [1.29, 1.82) is 0 Å². The minimum atomic E-state index is -0.175. The molecule has 0 radical (unpaired) electrons. The molecule has 3 atom stereocenters. The third-order valence-electron chi connectivity index (χ3n) is 4.48. The highest BCUT2D eigenvalue weighted by Crippen LogP contribution is 2.41. The van der Waals surface area contributed by atoms with Crippen LogP contribution in [0, 0.1) is 10.8 Å². The fourth-order valence-electron chi connectivity index (χ4n) is 3.53. The molecule has 1 heterocycles. The van der Waals surface area contributed by atoms with E-state index in [2.05, 4.69) is 5.29 Å². The van der Waals surface area contributed by atoms with E-state index in [0.717, 1.165) is 31.2 Å². The molecule has 4 nitrogen and oxygen atoms in total.